The minimum Gasteiger partial charge on any atom is -0.492 e. The SMILES string of the molecule is c1ccc(OCC2[N-]C(=NC3CCCC(C4CC4)C3)C3=C(CCCC3)N2)cc1. The van der Waals surface area contributed by atoms with Crippen LogP contribution in [0.15, 0.2) is 46.6 Å². The molecule has 5 rings (SSSR count). The molecule has 28 heavy (non-hydrogen) atoms. The second-order valence-corrected chi connectivity index (χ2v) is 8.95. The van der Waals surface area contributed by atoms with Crippen molar-refractivity contribution in [3.8, 4) is 5.75 Å². The number of benzene rings is 1. The number of nitrogens with one attached hydrogen (secondary N) is 1. The Morgan fingerprint density at radius 1 is 0.964 bits per heavy atom. The van der Waals surface area contributed by atoms with Gasteiger partial charge in [0.25, 0.3) is 0 Å². The van der Waals surface area contributed by atoms with Crippen molar-refractivity contribution in [3.63, 3.8) is 0 Å². The Kier molecular flexibility index (Phi) is 5.28. The van der Waals surface area contributed by atoms with Crippen LogP contribution < -0.4 is 10.1 Å². The fourth-order valence-corrected chi connectivity index (χ4v) is 5.14. The van der Waals surface area contributed by atoms with Crippen LogP contribution >= 0.6 is 0 Å². The van der Waals surface area contributed by atoms with Crippen molar-refractivity contribution < 1.29 is 4.74 Å². The predicted octanol–water partition coefficient (Wildman–Crippen LogP) is 5.56. The maximum absolute atomic E-state index is 5.99. The third kappa shape index (κ3) is 4.21. The molecule has 0 bridgehead atoms. The molecule has 0 radical (unpaired) electrons. The van der Waals surface area contributed by atoms with Crippen LogP contribution in [0.5, 0.6) is 5.75 Å². The van der Waals surface area contributed by atoms with E-state index in [1.165, 1.54) is 62.6 Å². The highest BCUT2D eigenvalue weighted by molar-refractivity contribution is 6.09. The quantitative estimate of drug-likeness (QED) is 0.729. The van der Waals surface area contributed by atoms with E-state index in [0.717, 1.165) is 36.3 Å². The minimum atomic E-state index is -0.0291. The summed E-state index contributed by atoms with van der Waals surface area (Å²) in [6.07, 6.45) is 12.9. The first-order valence-corrected chi connectivity index (χ1v) is 11.3. The number of hydrogen-bond acceptors (Lipinski definition) is 3. The van der Waals surface area contributed by atoms with Crippen molar-refractivity contribution in [2.24, 2.45) is 16.8 Å². The first-order chi connectivity index (χ1) is 13.8. The molecule has 0 aromatic heterocycles. The smallest absolute Gasteiger partial charge is 0.119 e. The van der Waals surface area contributed by atoms with Gasteiger partial charge in [0, 0.05) is 5.70 Å². The number of amidine groups is 1. The molecule has 1 aromatic carbocycles. The van der Waals surface area contributed by atoms with Crippen LogP contribution in [-0.2, 0) is 0 Å². The fraction of sp³-hybridized carbons (Fsp3) is 0.625. The summed E-state index contributed by atoms with van der Waals surface area (Å²) in [7, 11) is 0. The molecule has 3 unspecified atom stereocenters. The topological polar surface area (TPSA) is 47.7 Å². The molecule has 3 aliphatic carbocycles. The Morgan fingerprint density at radius 3 is 2.68 bits per heavy atom. The molecule has 4 heteroatoms. The van der Waals surface area contributed by atoms with Gasteiger partial charge in [0.05, 0.1) is 6.17 Å². The lowest BCUT2D eigenvalue weighted by Crippen LogP contribution is -2.41. The summed E-state index contributed by atoms with van der Waals surface area (Å²) >= 11 is 0. The highest BCUT2D eigenvalue weighted by atomic mass is 16.5. The lowest BCUT2D eigenvalue weighted by Gasteiger charge is -2.42. The molecule has 1 heterocycles. The molecule has 3 atom stereocenters. The molecular weight excluding hydrogens is 346 g/mol. The van der Waals surface area contributed by atoms with Gasteiger partial charge in [-0.25, -0.2) is 0 Å². The summed E-state index contributed by atoms with van der Waals surface area (Å²) in [4.78, 5) is 5.24. The molecule has 0 spiro atoms. The highest BCUT2D eigenvalue weighted by Crippen LogP contribution is 2.44. The third-order valence-electron chi connectivity index (χ3n) is 6.79. The van der Waals surface area contributed by atoms with Crippen molar-refractivity contribution >= 4 is 5.84 Å². The molecule has 0 saturated heterocycles. The number of nitrogens with zero attached hydrogens (tertiary/aromatic N) is 2. The second-order valence-electron chi connectivity index (χ2n) is 8.95. The first kappa shape index (κ1) is 18.1. The maximum Gasteiger partial charge on any atom is 0.119 e. The van der Waals surface area contributed by atoms with Gasteiger partial charge in [-0.2, -0.15) is 0 Å². The van der Waals surface area contributed by atoms with Crippen molar-refractivity contribution in [2.45, 2.75) is 76.4 Å². The van der Waals surface area contributed by atoms with Gasteiger partial charge in [-0.05, 0) is 80.5 Å². The third-order valence-corrected chi connectivity index (χ3v) is 6.79. The van der Waals surface area contributed by atoms with E-state index in [0.29, 0.717) is 12.6 Å². The van der Waals surface area contributed by atoms with E-state index in [4.69, 9.17) is 15.0 Å². The number of aliphatic imine (C=N–C) groups is 1. The Hall–Kier alpha value is -1.97. The van der Waals surface area contributed by atoms with Gasteiger partial charge in [0.15, 0.2) is 0 Å². The average molecular weight is 379 g/mol. The summed E-state index contributed by atoms with van der Waals surface area (Å²) in [6, 6.07) is 10.5. The van der Waals surface area contributed by atoms with Crippen molar-refractivity contribution in [1.29, 1.82) is 0 Å². The van der Waals surface area contributed by atoms with Gasteiger partial charge in [-0.3, -0.25) is 0 Å². The zero-order valence-electron chi connectivity index (χ0n) is 16.8. The van der Waals surface area contributed by atoms with Gasteiger partial charge < -0.3 is 20.4 Å². The van der Waals surface area contributed by atoms with E-state index in [9.17, 15) is 0 Å². The van der Waals surface area contributed by atoms with Crippen LogP contribution in [0.2, 0.25) is 0 Å². The van der Waals surface area contributed by atoms with Gasteiger partial charge >= 0.3 is 0 Å². The summed E-state index contributed by atoms with van der Waals surface area (Å²) in [5.41, 5.74) is 2.76. The van der Waals surface area contributed by atoms with Crippen molar-refractivity contribution in [2.75, 3.05) is 6.61 Å². The summed E-state index contributed by atoms with van der Waals surface area (Å²) in [5.74, 6) is 3.86. The largest absolute Gasteiger partial charge is 0.492 e. The Morgan fingerprint density at radius 2 is 1.82 bits per heavy atom. The molecular formula is C24H32N3O-. The van der Waals surface area contributed by atoms with Crippen molar-refractivity contribution in [3.05, 3.63) is 46.9 Å². The van der Waals surface area contributed by atoms with Crippen LogP contribution in [0.4, 0.5) is 0 Å². The van der Waals surface area contributed by atoms with Crippen LogP contribution in [0.25, 0.3) is 5.32 Å². The Labute approximate surface area is 168 Å². The number of para-hydroxylation sites is 1. The molecule has 1 N–H and O–H groups in total. The van der Waals surface area contributed by atoms with E-state index in [1.807, 2.05) is 30.3 Å². The molecule has 1 aliphatic heterocycles. The monoisotopic (exact) mass is 378 g/mol. The highest BCUT2D eigenvalue weighted by Gasteiger charge is 2.33. The molecule has 0 amide bonds. The molecule has 4 aliphatic rings. The zero-order chi connectivity index (χ0) is 18.8. The molecule has 1 aromatic rings. The number of rotatable bonds is 5. The van der Waals surface area contributed by atoms with Crippen LogP contribution in [-0.4, -0.2) is 24.7 Å². The Bertz CT molecular complexity index is 737. The maximum atomic E-state index is 5.99. The predicted molar refractivity (Wildman–Crippen MR) is 114 cm³/mol. The molecule has 150 valence electrons. The van der Waals surface area contributed by atoms with Gasteiger partial charge in [-0.1, -0.05) is 43.3 Å². The molecule has 4 nitrogen and oxygen atoms in total. The van der Waals surface area contributed by atoms with Gasteiger partial charge in [-0.15, -0.1) is 0 Å². The van der Waals surface area contributed by atoms with E-state index in [1.54, 1.807) is 0 Å². The van der Waals surface area contributed by atoms with Gasteiger partial charge in [0.1, 0.15) is 12.4 Å². The average Bonchev–Trinajstić information content (AvgIpc) is 3.59. The van der Waals surface area contributed by atoms with Crippen molar-refractivity contribution in [1.82, 2.24) is 5.32 Å². The summed E-state index contributed by atoms with van der Waals surface area (Å²) in [6.45, 7) is 0.551. The summed E-state index contributed by atoms with van der Waals surface area (Å²) < 4.78 is 5.99. The molecule has 2 saturated carbocycles. The fourth-order valence-electron chi connectivity index (χ4n) is 5.14. The lowest BCUT2D eigenvalue weighted by molar-refractivity contribution is 0.285. The lowest BCUT2D eigenvalue weighted by atomic mass is 9.83. The summed E-state index contributed by atoms with van der Waals surface area (Å²) in [5, 5.41) is 8.65. The minimum absolute atomic E-state index is 0.0291. The number of ether oxygens (including phenoxy) is 1. The van der Waals surface area contributed by atoms with E-state index >= 15 is 0 Å². The zero-order valence-corrected chi connectivity index (χ0v) is 16.8. The van der Waals surface area contributed by atoms with Crippen LogP contribution in [0.1, 0.15) is 64.2 Å². The van der Waals surface area contributed by atoms with Crippen LogP contribution in [0.3, 0.4) is 0 Å². The van der Waals surface area contributed by atoms with E-state index in [2.05, 4.69) is 5.32 Å². The van der Waals surface area contributed by atoms with E-state index < -0.39 is 0 Å². The number of allylic oxidation sites excluding steroid dienone is 1. The Balaban J connectivity index is 1.30. The van der Waals surface area contributed by atoms with E-state index in [-0.39, 0.29) is 6.17 Å². The molecule has 2 fully saturated rings. The normalized spacial score (nSPS) is 31.7. The standard InChI is InChI=1S/C24H32N3O/c1-2-9-20(10-3-1)28-16-23-26-22-12-5-4-11-21(22)24(27-23)25-19-8-6-7-18(15-19)17-13-14-17/h1-3,9-10,17-19,23,26H,4-8,11-16H2/q-1. The van der Waals surface area contributed by atoms with Crippen LogP contribution in [0, 0.1) is 11.8 Å². The number of hydrogen-bond donors (Lipinski definition) is 1. The first-order valence-electron chi connectivity index (χ1n) is 11.3. The van der Waals surface area contributed by atoms with Gasteiger partial charge in [0.2, 0.25) is 0 Å². The second kappa shape index (κ2) is 8.18.